The zero-order chi connectivity index (χ0) is 12.5. The number of fused-ring (bicyclic) bond motifs is 2. The van der Waals surface area contributed by atoms with E-state index in [0.717, 1.165) is 5.56 Å². The Hall–Kier alpha value is -0.870. The maximum atomic E-state index is 12.0. The van der Waals surface area contributed by atoms with E-state index in [1.54, 1.807) is 11.3 Å². The summed E-state index contributed by atoms with van der Waals surface area (Å²) < 4.78 is 0. The van der Waals surface area contributed by atoms with Gasteiger partial charge in [0.05, 0.1) is 6.42 Å². The highest BCUT2D eigenvalue weighted by Crippen LogP contribution is 2.48. The number of hydrogen-bond donors (Lipinski definition) is 2. The lowest BCUT2D eigenvalue weighted by molar-refractivity contribution is -0.122. The molecule has 3 nitrogen and oxygen atoms in total. The summed E-state index contributed by atoms with van der Waals surface area (Å²) in [6, 6.07) is 2.20. The van der Waals surface area contributed by atoms with Crippen LogP contribution in [0.5, 0.6) is 0 Å². The van der Waals surface area contributed by atoms with Crippen molar-refractivity contribution < 1.29 is 9.90 Å². The Morgan fingerprint density at radius 2 is 2.28 bits per heavy atom. The van der Waals surface area contributed by atoms with E-state index in [4.69, 9.17) is 0 Å². The monoisotopic (exact) mass is 265 g/mol. The summed E-state index contributed by atoms with van der Waals surface area (Å²) in [4.78, 5) is 12.0. The Labute approximate surface area is 111 Å². The van der Waals surface area contributed by atoms with Crippen LogP contribution in [0.4, 0.5) is 0 Å². The molecule has 98 valence electrons. The normalized spacial score (nSPS) is 33.8. The first kappa shape index (κ1) is 12.2. The van der Waals surface area contributed by atoms with E-state index in [-0.39, 0.29) is 24.5 Å². The number of carbonyl (C=O) groups excluding carboxylic acids is 1. The molecule has 2 fully saturated rings. The minimum absolute atomic E-state index is 0.101. The predicted molar refractivity (Wildman–Crippen MR) is 71.4 cm³/mol. The lowest BCUT2D eigenvalue weighted by atomic mass is 9.85. The van der Waals surface area contributed by atoms with Crippen LogP contribution in [0.15, 0.2) is 16.8 Å². The molecule has 0 radical (unpaired) electrons. The maximum Gasteiger partial charge on any atom is 0.224 e. The number of carbonyl (C=O) groups is 1. The molecule has 1 aromatic heterocycles. The predicted octanol–water partition coefficient (Wildman–Crippen LogP) is 1.81. The highest BCUT2D eigenvalue weighted by molar-refractivity contribution is 7.07. The number of amides is 1. The first-order valence-electron chi connectivity index (χ1n) is 6.69. The Kier molecular flexibility index (Phi) is 3.39. The molecular weight excluding hydrogens is 246 g/mol. The summed E-state index contributed by atoms with van der Waals surface area (Å²) in [5.41, 5.74) is 1.08. The average Bonchev–Trinajstić information content (AvgIpc) is 3.04. The molecule has 0 spiro atoms. The molecule has 4 heteroatoms. The van der Waals surface area contributed by atoms with Crippen molar-refractivity contribution in [2.75, 3.05) is 6.61 Å². The Bertz CT molecular complexity index is 417. The van der Waals surface area contributed by atoms with Gasteiger partial charge < -0.3 is 10.4 Å². The van der Waals surface area contributed by atoms with Crippen molar-refractivity contribution in [3.63, 3.8) is 0 Å². The number of thiophene rings is 1. The number of aliphatic hydroxyl groups excluding tert-OH is 1. The van der Waals surface area contributed by atoms with Gasteiger partial charge in [0.25, 0.3) is 0 Å². The van der Waals surface area contributed by atoms with Crippen LogP contribution in [0.3, 0.4) is 0 Å². The molecule has 2 bridgehead atoms. The van der Waals surface area contributed by atoms with E-state index < -0.39 is 0 Å². The van der Waals surface area contributed by atoms with Crippen LogP contribution >= 0.6 is 11.3 Å². The lowest BCUT2D eigenvalue weighted by Crippen LogP contribution is -2.45. The van der Waals surface area contributed by atoms with Gasteiger partial charge in [0.15, 0.2) is 0 Å². The molecule has 4 atom stereocenters. The van der Waals surface area contributed by atoms with Gasteiger partial charge in [-0.15, -0.1) is 0 Å². The van der Waals surface area contributed by atoms with Crippen LogP contribution < -0.4 is 5.32 Å². The number of hydrogen-bond acceptors (Lipinski definition) is 3. The van der Waals surface area contributed by atoms with Crippen LogP contribution in [0.1, 0.15) is 24.8 Å². The van der Waals surface area contributed by atoms with Gasteiger partial charge in [0.1, 0.15) is 0 Å². The summed E-state index contributed by atoms with van der Waals surface area (Å²) >= 11 is 1.62. The maximum absolute atomic E-state index is 12.0. The Morgan fingerprint density at radius 3 is 3.00 bits per heavy atom. The second kappa shape index (κ2) is 5.02. The van der Waals surface area contributed by atoms with E-state index in [0.29, 0.717) is 18.3 Å². The molecule has 3 rings (SSSR count). The van der Waals surface area contributed by atoms with Crippen molar-refractivity contribution in [1.82, 2.24) is 5.32 Å². The molecule has 0 aliphatic heterocycles. The number of aliphatic hydroxyl groups is 1. The van der Waals surface area contributed by atoms with Crippen molar-refractivity contribution in [2.45, 2.75) is 31.7 Å². The third-order valence-electron chi connectivity index (χ3n) is 4.57. The zero-order valence-corrected chi connectivity index (χ0v) is 11.2. The van der Waals surface area contributed by atoms with E-state index in [1.165, 1.54) is 19.3 Å². The summed E-state index contributed by atoms with van der Waals surface area (Å²) in [5, 5.41) is 16.6. The van der Waals surface area contributed by atoms with Crippen LogP contribution in [0.25, 0.3) is 0 Å². The van der Waals surface area contributed by atoms with E-state index in [2.05, 4.69) is 5.32 Å². The van der Waals surface area contributed by atoms with Crippen LogP contribution in [0, 0.1) is 17.8 Å². The van der Waals surface area contributed by atoms with Gasteiger partial charge in [-0.25, -0.2) is 0 Å². The Balaban J connectivity index is 1.60. The fraction of sp³-hybridized carbons (Fsp3) is 0.643. The highest BCUT2D eigenvalue weighted by Gasteiger charge is 2.47. The minimum atomic E-state index is 0.101. The second-order valence-electron chi connectivity index (χ2n) is 5.58. The molecule has 2 aliphatic rings. The largest absolute Gasteiger partial charge is 0.396 e. The lowest BCUT2D eigenvalue weighted by Gasteiger charge is -2.30. The van der Waals surface area contributed by atoms with Crippen molar-refractivity contribution >= 4 is 17.2 Å². The Morgan fingerprint density at radius 1 is 1.44 bits per heavy atom. The standard InChI is InChI=1S/C14H19NO2S/c16-7-12-10-1-2-11(6-10)14(12)15-13(17)5-9-3-4-18-8-9/h3-4,8,10-12,14,16H,1-2,5-7H2,(H,15,17). The van der Waals surface area contributed by atoms with Crippen molar-refractivity contribution in [3.8, 4) is 0 Å². The van der Waals surface area contributed by atoms with Crippen LogP contribution in [-0.4, -0.2) is 23.7 Å². The van der Waals surface area contributed by atoms with Gasteiger partial charge in [-0.1, -0.05) is 0 Å². The smallest absolute Gasteiger partial charge is 0.224 e. The van der Waals surface area contributed by atoms with Crippen molar-refractivity contribution in [1.29, 1.82) is 0 Å². The minimum Gasteiger partial charge on any atom is -0.396 e. The van der Waals surface area contributed by atoms with E-state index in [1.807, 2.05) is 16.8 Å². The van der Waals surface area contributed by atoms with Gasteiger partial charge in [0, 0.05) is 18.6 Å². The van der Waals surface area contributed by atoms with Crippen LogP contribution in [0.2, 0.25) is 0 Å². The summed E-state index contributed by atoms with van der Waals surface area (Å²) in [6.45, 7) is 0.213. The molecule has 1 aromatic rings. The summed E-state index contributed by atoms with van der Waals surface area (Å²) in [5.74, 6) is 1.62. The highest BCUT2D eigenvalue weighted by atomic mass is 32.1. The molecule has 2 N–H and O–H groups in total. The van der Waals surface area contributed by atoms with Gasteiger partial charge >= 0.3 is 0 Å². The topological polar surface area (TPSA) is 49.3 Å². The molecule has 1 amide bonds. The van der Waals surface area contributed by atoms with Gasteiger partial charge in [-0.05, 0) is 53.5 Å². The third kappa shape index (κ3) is 2.19. The molecule has 2 saturated carbocycles. The molecule has 18 heavy (non-hydrogen) atoms. The first-order valence-corrected chi connectivity index (χ1v) is 7.63. The average molecular weight is 265 g/mol. The number of rotatable bonds is 4. The first-order chi connectivity index (χ1) is 8.78. The van der Waals surface area contributed by atoms with Crippen molar-refractivity contribution in [2.24, 2.45) is 17.8 Å². The van der Waals surface area contributed by atoms with Crippen LogP contribution in [-0.2, 0) is 11.2 Å². The van der Waals surface area contributed by atoms with Crippen molar-refractivity contribution in [3.05, 3.63) is 22.4 Å². The summed E-state index contributed by atoms with van der Waals surface area (Å²) in [7, 11) is 0. The fourth-order valence-electron chi connectivity index (χ4n) is 3.71. The van der Waals surface area contributed by atoms with E-state index in [9.17, 15) is 9.90 Å². The third-order valence-corrected chi connectivity index (χ3v) is 5.30. The van der Waals surface area contributed by atoms with Gasteiger partial charge in [-0.2, -0.15) is 11.3 Å². The van der Waals surface area contributed by atoms with E-state index >= 15 is 0 Å². The molecule has 1 heterocycles. The van der Waals surface area contributed by atoms with Gasteiger partial charge in [-0.3, -0.25) is 4.79 Å². The van der Waals surface area contributed by atoms with Gasteiger partial charge in [0.2, 0.25) is 5.91 Å². The second-order valence-corrected chi connectivity index (χ2v) is 6.36. The quantitative estimate of drug-likeness (QED) is 0.872. The zero-order valence-electron chi connectivity index (χ0n) is 10.3. The molecular formula is C14H19NO2S. The fourth-order valence-corrected chi connectivity index (χ4v) is 4.38. The SMILES string of the molecule is O=C(Cc1ccsc1)NC1C2CCC(C2)C1CO. The number of nitrogens with one attached hydrogen (secondary N) is 1. The molecule has 2 aliphatic carbocycles. The molecule has 0 aromatic carbocycles. The molecule has 4 unspecified atom stereocenters. The summed E-state index contributed by atoms with van der Waals surface area (Å²) in [6.07, 6.45) is 4.10. The molecule has 0 saturated heterocycles.